The summed E-state index contributed by atoms with van der Waals surface area (Å²) in [6.07, 6.45) is 3.94. The molecule has 0 aliphatic carbocycles. The lowest BCUT2D eigenvalue weighted by atomic mass is 9.74. The molecule has 1 amide bonds. The highest BCUT2D eigenvalue weighted by Gasteiger charge is 2.36. The van der Waals surface area contributed by atoms with Gasteiger partial charge in [0, 0.05) is 41.6 Å². The number of carbonyl (C=O) groups excluding carboxylic acids is 1. The Morgan fingerprint density at radius 3 is 2.52 bits per heavy atom. The van der Waals surface area contributed by atoms with Crippen LogP contribution in [0.1, 0.15) is 36.8 Å². The molecular formula is C22H25Cl2NO2. The van der Waals surface area contributed by atoms with Gasteiger partial charge in [0.1, 0.15) is 0 Å². The smallest absolute Gasteiger partial charge is 0.220 e. The van der Waals surface area contributed by atoms with Crippen LogP contribution < -0.4 is 5.32 Å². The molecule has 3 nitrogen and oxygen atoms in total. The first-order valence-corrected chi connectivity index (χ1v) is 10.2. The summed E-state index contributed by atoms with van der Waals surface area (Å²) in [6.45, 7) is 1.91. The Morgan fingerprint density at radius 1 is 1.07 bits per heavy atom. The number of rotatable bonds is 7. The first-order valence-electron chi connectivity index (χ1n) is 9.43. The van der Waals surface area contributed by atoms with Crippen molar-refractivity contribution in [3.8, 4) is 0 Å². The topological polar surface area (TPSA) is 38.3 Å². The summed E-state index contributed by atoms with van der Waals surface area (Å²) in [4.78, 5) is 12.4. The number of nitrogens with one attached hydrogen (secondary N) is 1. The molecule has 0 bridgehead atoms. The molecular weight excluding hydrogens is 381 g/mol. The van der Waals surface area contributed by atoms with Crippen molar-refractivity contribution in [3.05, 3.63) is 69.7 Å². The molecule has 144 valence electrons. The molecule has 1 N–H and O–H groups in total. The highest BCUT2D eigenvalue weighted by molar-refractivity contribution is 6.35. The van der Waals surface area contributed by atoms with Crippen LogP contribution in [0.4, 0.5) is 0 Å². The standard InChI is InChI=1S/C22H25Cl2NO2/c23-18-9-10-19(20(24)15-18)22(11-13-27-14-12-22)16-25-21(26)8-4-7-17-5-2-1-3-6-17/h1-3,5-6,9-10,15H,4,7-8,11-14,16H2,(H,25,26). The number of amides is 1. The zero-order chi connectivity index (χ0) is 19.1. The van der Waals surface area contributed by atoms with Gasteiger partial charge in [0.25, 0.3) is 0 Å². The van der Waals surface area contributed by atoms with Crippen molar-refractivity contribution >= 4 is 29.1 Å². The Labute approximate surface area is 171 Å². The Hall–Kier alpha value is -1.55. The van der Waals surface area contributed by atoms with Crippen molar-refractivity contribution in [2.45, 2.75) is 37.5 Å². The van der Waals surface area contributed by atoms with Gasteiger partial charge in [-0.2, -0.15) is 0 Å². The molecule has 3 rings (SSSR count). The molecule has 1 heterocycles. The van der Waals surface area contributed by atoms with Crippen molar-refractivity contribution in [2.75, 3.05) is 19.8 Å². The van der Waals surface area contributed by atoms with Crippen LogP contribution in [0.5, 0.6) is 0 Å². The number of carbonyl (C=O) groups is 1. The fourth-order valence-corrected chi connectivity index (χ4v) is 4.29. The molecule has 0 saturated carbocycles. The van der Waals surface area contributed by atoms with Crippen LogP contribution in [0, 0.1) is 0 Å². The van der Waals surface area contributed by atoms with E-state index in [1.54, 1.807) is 6.07 Å². The monoisotopic (exact) mass is 405 g/mol. The van der Waals surface area contributed by atoms with Gasteiger partial charge in [-0.1, -0.05) is 59.6 Å². The predicted molar refractivity (Wildman–Crippen MR) is 111 cm³/mol. The van der Waals surface area contributed by atoms with E-state index >= 15 is 0 Å². The van der Waals surface area contributed by atoms with Gasteiger partial charge in [0.05, 0.1) is 0 Å². The Kier molecular flexibility index (Phi) is 7.17. The maximum absolute atomic E-state index is 12.4. The van der Waals surface area contributed by atoms with Crippen LogP contribution in [-0.4, -0.2) is 25.7 Å². The third kappa shape index (κ3) is 5.47. The molecule has 0 aromatic heterocycles. The lowest BCUT2D eigenvalue weighted by Crippen LogP contribution is -2.44. The SMILES string of the molecule is O=C(CCCc1ccccc1)NCC1(c2ccc(Cl)cc2Cl)CCOCC1. The molecule has 0 spiro atoms. The Balaban J connectivity index is 1.59. The molecule has 1 aliphatic rings. The molecule has 2 aromatic rings. The number of hydrogen-bond donors (Lipinski definition) is 1. The third-order valence-corrected chi connectivity index (χ3v) is 5.84. The van der Waals surface area contributed by atoms with E-state index < -0.39 is 0 Å². The second kappa shape index (κ2) is 9.59. The normalized spacial score (nSPS) is 16.1. The average molecular weight is 406 g/mol. The fourth-order valence-electron chi connectivity index (χ4n) is 3.68. The van der Waals surface area contributed by atoms with Crippen molar-refractivity contribution < 1.29 is 9.53 Å². The maximum atomic E-state index is 12.4. The molecule has 1 saturated heterocycles. The van der Waals surface area contributed by atoms with E-state index in [1.807, 2.05) is 30.3 Å². The van der Waals surface area contributed by atoms with Gasteiger partial charge < -0.3 is 10.1 Å². The van der Waals surface area contributed by atoms with E-state index in [4.69, 9.17) is 27.9 Å². The van der Waals surface area contributed by atoms with Crippen molar-refractivity contribution in [3.63, 3.8) is 0 Å². The van der Waals surface area contributed by atoms with Gasteiger partial charge in [-0.25, -0.2) is 0 Å². The summed E-state index contributed by atoms with van der Waals surface area (Å²) in [5.74, 6) is 0.0851. The zero-order valence-electron chi connectivity index (χ0n) is 15.3. The van der Waals surface area contributed by atoms with E-state index in [9.17, 15) is 4.79 Å². The second-order valence-electron chi connectivity index (χ2n) is 7.13. The minimum absolute atomic E-state index is 0.0851. The number of aryl methyl sites for hydroxylation is 1. The summed E-state index contributed by atoms with van der Waals surface area (Å²) in [7, 11) is 0. The molecule has 0 unspecified atom stereocenters. The summed E-state index contributed by atoms with van der Waals surface area (Å²) >= 11 is 12.5. The van der Waals surface area contributed by atoms with Gasteiger partial charge in [-0.15, -0.1) is 0 Å². The van der Waals surface area contributed by atoms with Gasteiger partial charge >= 0.3 is 0 Å². The van der Waals surface area contributed by atoms with Crippen molar-refractivity contribution in [2.24, 2.45) is 0 Å². The van der Waals surface area contributed by atoms with Crippen LogP contribution in [0.2, 0.25) is 10.0 Å². The lowest BCUT2D eigenvalue weighted by molar-refractivity contribution is -0.121. The largest absolute Gasteiger partial charge is 0.381 e. The van der Waals surface area contributed by atoms with Crippen molar-refractivity contribution in [1.29, 1.82) is 0 Å². The highest BCUT2D eigenvalue weighted by atomic mass is 35.5. The van der Waals surface area contributed by atoms with E-state index in [-0.39, 0.29) is 11.3 Å². The van der Waals surface area contributed by atoms with Crippen LogP contribution in [0.3, 0.4) is 0 Å². The van der Waals surface area contributed by atoms with Gasteiger partial charge in [-0.05, 0) is 48.9 Å². The minimum Gasteiger partial charge on any atom is -0.381 e. The maximum Gasteiger partial charge on any atom is 0.220 e. The summed E-state index contributed by atoms with van der Waals surface area (Å²) < 4.78 is 5.55. The summed E-state index contributed by atoms with van der Waals surface area (Å²) in [5, 5.41) is 4.41. The van der Waals surface area contributed by atoms with Crippen LogP contribution in [0.25, 0.3) is 0 Å². The Morgan fingerprint density at radius 2 is 1.81 bits per heavy atom. The number of halogens is 2. The van der Waals surface area contributed by atoms with E-state index in [0.29, 0.717) is 36.2 Å². The van der Waals surface area contributed by atoms with Gasteiger partial charge in [0.15, 0.2) is 0 Å². The lowest BCUT2D eigenvalue weighted by Gasteiger charge is -2.38. The molecule has 0 atom stereocenters. The van der Waals surface area contributed by atoms with Gasteiger partial charge in [0.2, 0.25) is 5.91 Å². The van der Waals surface area contributed by atoms with E-state index in [0.717, 1.165) is 31.2 Å². The van der Waals surface area contributed by atoms with E-state index in [1.165, 1.54) is 5.56 Å². The van der Waals surface area contributed by atoms with Crippen molar-refractivity contribution in [1.82, 2.24) is 5.32 Å². The van der Waals surface area contributed by atoms with Crippen LogP contribution in [0.15, 0.2) is 48.5 Å². The second-order valence-corrected chi connectivity index (χ2v) is 7.98. The third-order valence-electron chi connectivity index (χ3n) is 5.29. The zero-order valence-corrected chi connectivity index (χ0v) is 16.9. The predicted octanol–water partition coefficient (Wildman–Crippen LogP) is 5.18. The van der Waals surface area contributed by atoms with Crippen LogP contribution >= 0.6 is 23.2 Å². The number of hydrogen-bond acceptors (Lipinski definition) is 2. The Bertz CT molecular complexity index is 758. The molecule has 0 radical (unpaired) electrons. The first-order chi connectivity index (χ1) is 13.1. The molecule has 27 heavy (non-hydrogen) atoms. The first kappa shape index (κ1) is 20.2. The molecule has 5 heteroatoms. The fraction of sp³-hybridized carbons (Fsp3) is 0.409. The highest BCUT2D eigenvalue weighted by Crippen LogP contribution is 2.39. The summed E-state index contributed by atoms with van der Waals surface area (Å²) in [5.41, 5.74) is 2.11. The van der Waals surface area contributed by atoms with E-state index in [2.05, 4.69) is 17.4 Å². The average Bonchev–Trinajstić information content (AvgIpc) is 2.68. The molecule has 2 aromatic carbocycles. The quantitative estimate of drug-likeness (QED) is 0.688. The molecule has 1 aliphatic heterocycles. The summed E-state index contributed by atoms with van der Waals surface area (Å²) in [6, 6.07) is 15.9. The number of benzene rings is 2. The number of ether oxygens (including phenoxy) is 1. The van der Waals surface area contributed by atoms with Gasteiger partial charge in [-0.3, -0.25) is 4.79 Å². The molecule has 1 fully saturated rings. The van der Waals surface area contributed by atoms with Crippen LogP contribution in [-0.2, 0) is 21.4 Å². The minimum atomic E-state index is -0.199.